The van der Waals surface area contributed by atoms with Crippen LogP contribution in [0.1, 0.15) is 28.7 Å². The summed E-state index contributed by atoms with van der Waals surface area (Å²) >= 11 is 0. The SMILES string of the molecule is OC(c1cccnc1)C1Cc2ccccc21. The summed E-state index contributed by atoms with van der Waals surface area (Å²) in [6.07, 6.45) is 4.01. The molecule has 16 heavy (non-hydrogen) atoms. The molecule has 1 N–H and O–H groups in total. The van der Waals surface area contributed by atoms with E-state index in [9.17, 15) is 5.11 Å². The van der Waals surface area contributed by atoms with E-state index < -0.39 is 6.10 Å². The van der Waals surface area contributed by atoms with Crippen molar-refractivity contribution in [2.45, 2.75) is 18.4 Å². The van der Waals surface area contributed by atoms with E-state index in [1.165, 1.54) is 11.1 Å². The standard InChI is InChI=1S/C14H13NO/c16-14(11-5-3-7-15-9-11)13-8-10-4-1-2-6-12(10)13/h1-7,9,13-14,16H,8H2. The summed E-state index contributed by atoms with van der Waals surface area (Å²) in [4.78, 5) is 4.04. The van der Waals surface area contributed by atoms with Crippen molar-refractivity contribution >= 4 is 0 Å². The lowest BCUT2D eigenvalue weighted by Gasteiger charge is -2.33. The summed E-state index contributed by atoms with van der Waals surface area (Å²) in [6, 6.07) is 12.1. The van der Waals surface area contributed by atoms with Gasteiger partial charge in [-0.15, -0.1) is 0 Å². The fraction of sp³-hybridized carbons (Fsp3) is 0.214. The topological polar surface area (TPSA) is 33.1 Å². The van der Waals surface area contributed by atoms with Crippen molar-refractivity contribution in [2.24, 2.45) is 0 Å². The van der Waals surface area contributed by atoms with Gasteiger partial charge in [0.25, 0.3) is 0 Å². The van der Waals surface area contributed by atoms with E-state index in [-0.39, 0.29) is 5.92 Å². The van der Waals surface area contributed by atoms with Gasteiger partial charge in [-0.05, 0) is 29.2 Å². The normalized spacial score (nSPS) is 19.7. The highest BCUT2D eigenvalue weighted by Crippen LogP contribution is 2.42. The maximum atomic E-state index is 10.2. The summed E-state index contributed by atoms with van der Waals surface area (Å²) in [5, 5.41) is 10.2. The maximum Gasteiger partial charge on any atom is 0.0876 e. The van der Waals surface area contributed by atoms with Crippen LogP contribution in [0, 0.1) is 0 Å². The Kier molecular flexibility index (Phi) is 2.22. The molecular weight excluding hydrogens is 198 g/mol. The van der Waals surface area contributed by atoms with E-state index in [1.54, 1.807) is 12.4 Å². The van der Waals surface area contributed by atoms with Gasteiger partial charge in [-0.3, -0.25) is 4.98 Å². The highest BCUT2D eigenvalue weighted by Gasteiger charge is 2.32. The molecule has 2 heteroatoms. The average Bonchev–Trinajstić information content (AvgIpc) is 2.32. The van der Waals surface area contributed by atoms with Crippen molar-refractivity contribution in [3.8, 4) is 0 Å². The molecule has 1 aliphatic rings. The Morgan fingerprint density at radius 2 is 2.06 bits per heavy atom. The number of aliphatic hydroxyl groups is 1. The second-order valence-corrected chi connectivity index (χ2v) is 4.24. The lowest BCUT2D eigenvalue weighted by Crippen LogP contribution is -2.23. The lowest BCUT2D eigenvalue weighted by atomic mass is 9.73. The molecule has 0 radical (unpaired) electrons. The van der Waals surface area contributed by atoms with Crippen LogP contribution in [0.3, 0.4) is 0 Å². The molecule has 1 aromatic carbocycles. The maximum absolute atomic E-state index is 10.2. The number of fused-ring (bicyclic) bond motifs is 1. The number of rotatable bonds is 2. The third kappa shape index (κ3) is 1.42. The summed E-state index contributed by atoms with van der Waals surface area (Å²) in [7, 11) is 0. The zero-order valence-corrected chi connectivity index (χ0v) is 8.88. The minimum Gasteiger partial charge on any atom is -0.388 e. The first kappa shape index (κ1) is 9.55. The first-order chi connectivity index (χ1) is 7.86. The smallest absolute Gasteiger partial charge is 0.0876 e. The van der Waals surface area contributed by atoms with Crippen LogP contribution in [0.15, 0.2) is 48.8 Å². The molecule has 1 aromatic heterocycles. The third-order valence-electron chi connectivity index (χ3n) is 3.30. The Morgan fingerprint density at radius 1 is 1.19 bits per heavy atom. The molecule has 0 saturated heterocycles. The van der Waals surface area contributed by atoms with Gasteiger partial charge in [-0.2, -0.15) is 0 Å². The minimum atomic E-state index is -0.427. The van der Waals surface area contributed by atoms with E-state index in [4.69, 9.17) is 0 Å². The van der Waals surface area contributed by atoms with Crippen LogP contribution in [0.5, 0.6) is 0 Å². The Labute approximate surface area is 94.6 Å². The fourth-order valence-corrected chi connectivity index (χ4v) is 2.36. The van der Waals surface area contributed by atoms with Gasteiger partial charge in [-0.25, -0.2) is 0 Å². The molecule has 0 saturated carbocycles. The van der Waals surface area contributed by atoms with Gasteiger partial charge in [0.2, 0.25) is 0 Å². The van der Waals surface area contributed by atoms with Gasteiger partial charge in [0.05, 0.1) is 6.10 Å². The van der Waals surface area contributed by atoms with Gasteiger partial charge in [0, 0.05) is 18.3 Å². The van der Waals surface area contributed by atoms with E-state index >= 15 is 0 Å². The molecule has 2 aromatic rings. The van der Waals surface area contributed by atoms with Crippen LogP contribution >= 0.6 is 0 Å². The van der Waals surface area contributed by atoms with E-state index in [0.717, 1.165) is 12.0 Å². The van der Waals surface area contributed by atoms with Crippen LogP contribution < -0.4 is 0 Å². The van der Waals surface area contributed by atoms with Crippen LogP contribution in [0.2, 0.25) is 0 Å². The van der Waals surface area contributed by atoms with Crippen molar-refractivity contribution in [3.63, 3.8) is 0 Å². The highest BCUT2D eigenvalue weighted by molar-refractivity contribution is 5.42. The molecule has 0 aliphatic heterocycles. The molecule has 2 nitrogen and oxygen atoms in total. The number of aromatic nitrogens is 1. The van der Waals surface area contributed by atoms with Gasteiger partial charge < -0.3 is 5.11 Å². The monoisotopic (exact) mass is 211 g/mol. The van der Waals surface area contributed by atoms with Crippen LogP contribution in [0.4, 0.5) is 0 Å². The summed E-state index contributed by atoms with van der Waals surface area (Å²) < 4.78 is 0. The Hall–Kier alpha value is -1.67. The first-order valence-corrected chi connectivity index (χ1v) is 5.52. The van der Waals surface area contributed by atoms with E-state index in [1.807, 2.05) is 24.3 Å². The lowest BCUT2D eigenvalue weighted by molar-refractivity contribution is 0.134. The largest absolute Gasteiger partial charge is 0.388 e. The highest BCUT2D eigenvalue weighted by atomic mass is 16.3. The number of pyridine rings is 1. The molecular formula is C14H13NO. The second kappa shape index (κ2) is 3.72. The van der Waals surface area contributed by atoms with Gasteiger partial charge in [-0.1, -0.05) is 30.3 Å². The van der Waals surface area contributed by atoms with Crippen molar-refractivity contribution < 1.29 is 5.11 Å². The molecule has 0 bridgehead atoms. The predicted octanol–water partition coefficient (Wildman–Crippen LogP) is 2.45. The molecule has 1 heterocycles. The van der Waals surface area contributed by atoms with Gasteiger partial charge in [0.1, 0.15) is 0 Å². The zero-order chi connectivity index (χ0) is 11.0. The number of hydrogen-bond donors (Lipinski definition) is 1. The van der Waals surface area contributed by atoms with Crippen molar-refractivity contribution in [1.82, 2.24) is 4.98 Å². The predicted molar refractivity (Wildman–Crippen MR) is 62.1 cm³/mol. The number of benzene rings is 1. The van der Waals surface area contributed by atoms with Gasteiger partial charge >= 0.3 is 0 Å². The molecule has 80 valence electrons. The zero-order valence-electron chi connectivity index (χ0n) is 8.88. The van der Waals surface area contributed by atoms with Crippen LogP contribution in [-0.2, 0) is 6.42 Å². The number of hydrogen-bond acceptors (Lipinski definition) is 2. The minimum absolute atomic E-state index is 0.236. The second-order valence-electron chi connectivity index (χ2n) is 4.24. The van der Waals surface area contributed by atoms with E-state index in [0.29, 0.717) is 0 Å². The third-order valence-corrected chi connectivity index (χ3v) is 3.30. The quantitative estimate of drug-likeness (QED) is 0.827. The summed E-state index contributed by atoms with van der Waals surface area (Å²) in [5.41, 5.74) is 3.54. The Bertz CT molecular complexity index is 495. The van der Waals surface area contributed by atoms with Crippen LogP contribution in [-0.4, -0.2) is 10.1 Å². The Morgan fingerprint density at radius 3 is 2.81 bits per heavy atom. The molecule has 1 aliphatic carbocycles. The Balaban J connectivity index is 1.87. The van der Waals surface area contributed by atoms with Gasteiger partial charge in [0.15, 0.2) is 0 Å². The first-order valence-electron chi connectivity index (χ1n) is 5.52. The molecule has 0 spiro atoms. The molecule has 2 unspecified atom stereocenters. The van der Waals surface area contributed by atoms with Crippen LogP contribution in [0.25, 0.3) is 0 Å². The molecule has 3 rings (SSSR count). The molecule has 0 fully saturated rings. The van der Waals surface area contributed by atoms with Crippen molar-refractivity contribution in [3.05, 3.63) is 65.5 Å². The summed E-state index contributed by atoms with van der Waals surface area (Å²) in [5.74, 6) is 0.236. The molecule has 0 amide bonds. The number of nitrogens with zero attached hydrogens (tertiary/aromatic N) is 1. The van der Waals surface area contributed by atoms with Crippen molar-refractivity contribution in [1.29, 1.82) is 0 Å². The number of aliphatic hydroxyl groups excluding tert-OH is 1. The van der Waals surface area contributed by atoms with Crippen molar-refractivity contribution in [2.75, 3.05) is 0 Å². The fourth-order valence-electron chi connectivity index (χ4n) is 2.36. The average molecular weight is 211 g/mol. The summed E-state index contributed by atoms with van der Waals surface area (Å²) in [6.45, 7) is 0. The molecule has 2 atom stereocenters. The van der Waals surface area contributed by atoms with E-state index in [2.05, 4.69) is 17.1 Å².